The van der Waals surface area contributed by atoms with Crippen LogP contribution in [0.2, 0.25) is 0 Å². The Morgan fingerprint density at radius 3 is 1.70 bits per heavy atom. The van der Waals surface area contributed by atoms with Gasteiger partial charge in [-0.2, -0.15) is 0 Å². The van der Waals surface area contributed by atoms with Crippen molar-refractivity contribution in [1.82, 2.24) is 20.0 Å². The summed E-state index contributed by atoms with van der Waals surface area (Å²) in [5, 5.41) is 3.23. The van der Waals surface area contributed by atoms with Gasteiger partial charge >= 0.3 is 12.2 Å². The van der Waals surface area contributed by atoms with Crippen LogP contribution >= 0.6 is 0 Å². The molecule has 4 heterocycles. The summed E-state index contributed by atoms with van der Waals surface area (Å²) in [4.78, 5) is 44.4. The molecule has 13 nitrogen and oxygen atoms in total. The maximum Gasteiger partial charge on any atom is 0.410 e. The first kappa shape index (κ1) is 45.6. The molecule has 57 heavy (non-hydrogen) atoms. The first-order valence-electron chi connectivity index (χ1n) is 20.0. The standard InChI is InChI=1S/C21H32FN3O3.C11H12FNO2.C10H20N2O2/c1-16-14-23(7-8-25(16)20(26)28-21(2,3)4)15-17-5-6-18(13-19(17)22)24-9-11-27-12-10-24;12-11-7-10(2-1-9(11)8-14)13-3-5-15-6-4-13;1-8-7-11-5-6-12(8)9(13)14-10(2,3)4/h5-6,13,16H,7-12,14-15H2,1-4H3;1-2,7-8H,3-6H2;8,11H,5-7H2,1-4H3/t16-;;8-/m0.0/s1. The van der Waals surface area contributed by atoms with Gasteiger partial charge in [-0.25, -0.2) is 18.4 Å². The maximum atomic E-state index is 14.7. The fourth-order valence-corrected chi connectivity index (χ4v) is 6.75. The summed E-state index contributed by atoms with van der Waals surface area (Å²) in [7, 11) is 0. The summed E-state index contributed by atoms with van der Waals surface area (Å²) < 4.78 is 49.4. The van der Waals surface area contributed by atoms with Crippen molar-refractivity contribution in [3.8, 4) is 0 Å². The molecule has 4 aliphatic rings. The summed E-state index contributed by atoms with van der Waals surface area (Å²) in [5.74, 6) is -0.639. The van der Waals surface area contributed by atoms with E-state index in [4.69, 9.17) is 18.9 Å². The molecule has 4 aliphatic heterocycles. The van der Waals surface area contributed by atoms with Crippen LogP contribution in [0.4, 0.5) is 29.7 Å². The number of halogens is 2. The van der Waals surface area contributed by atoms with Gasteiger partial charge in [0.2, 0.25) is 0 Å². The fourth-order valence-electron chi connectivity index (χ4n) is 6.75. The van der Waals surface area contributed by atoms with Gasteiger partial charge in [0.1, 0.15) is 22.8 Å². The van der Waals surface area contributed by atoms with E-state index in [1.165, 1.54) is 12.1 Å². The predicted molar refractivity (Wildman–Crippen MR) is 217 cm³/mol. The van der Waals surface area contributed by atoms with Gasteiger partial charge in [0.25, 0.3) is 0 Å². The van der Waals surface area contributed by atoms with Crippen molar-refractivity contribution >= 4 is 29.8 Å². The molecule has 0 radical (unpaired) electrons. The summed E-state index contributed by atoms with van der Waals surface area (Å²) >= 11 is 0. The van der Waals surface area contributed by atoms with Crippen molar-refractivity contribution in [2.24, 2.45) is 0 Å². The number of carbonyl (C=O) groups is 3. The van der Waals surface area contributed by atoms with Crippen LogP contribution in [-0.4, -0.2) is 148 Å². The van der Waals surface area contributed by atoms with Crippen LogP contribution in [0.15, 0.2) is 36.4 Å². The smallest absolute Gasteiger partial charge is 0.410 e. The number of morpholine rings is 2. The highest BCUT2D eigenvalue weighted by Crippen LogP contribution is 2.23. The molecule has 0 bridgehead atoms. The van der Waals surface area contributed by atoms with Crippen molar-refractivity contribution in [1.29, 1.82) is 0 Å². The number of rotatable bonds is 5. The topological polar surface area (TPSA) is 116 Å². The molecule has 15 heteroatoms. The van der Waals surface area contributed by atoms with Crippen molar-refractivity contribution < 1.29 is 42.1 Å². The average Bonchev–Trinajstić information content (AvgIpc) is 3.15. The molecule has 0 aliphatic carbocycles. The number of ether oxygens (including phenoxy) is 4. The Hall–Kier alpha value is -4.05. The van der Waals surface area contributed by atoms with E-state index in [2.05, 4.69) is 15.1 Å². The van der Waals surface area contributed by atoms with E-state index >= 15 is 0 Å². The summed E-state index contributed by atoms with van der Waals surface area (Å²) in [6.45, 7) is 26.1. The minimum atomic E-state index is -0.501. The highest BCUT2D eigenvalue weighted by molar-refractivity contribution is 5.76. The fraction of sp³-hybridized carbons (Fsp3) is 0.643. The SMILES string of the molecule is C[C@H]1CN(Cc2ccc(N3CCOCC3)cc2F)CCN1C(=O)OC(C)(C)C.C[C@H]1CNCCN1C(=O)OC(C)(C)C.O=Cc1ccc(N2CCOCC2)cc1F. The van der Waals surface area contributed by atoms with Crippen molar-refractivity contribution in [2.75, 3.05) is 102 Å². The Kier molecular flexibility index (Phi) is 16.9. The number of benzene rings is 2. The van der Waals surface area contributed by atoms with Gasteiger partial charge in [-0.3, -0.25) is 9.69 Å². The van der Waals surface area contributed by atoms with Gasteiger partial charge in [0.05, 0.1) is 32.0 Å². The molecular weight excluding hydrogens is 738 g/mol. The minimum absolute atomic E-state index is 0.0271. The lowest BCUT2D eigenvalue weighted by atomic mass is 10.1. The van der Waals surface area contributed by atoms with E-state index in [0.717, 1.165) is 57.2 Å². The molecule has 2 aromatic rings. The number of amides is 2. The monoisotopic (exact) mass is 802 g/mol. The third-order valence-electron chi connectivity index (χ3n) is 9.76. The molecule has 318 valence electrons. The van der Waals surface area contributed by atoms with E-state index in [1.54, 1.807) is 21.9 Å². The zero-order chi connectivity index (χ0) is 41.8. The molecule has 2 atom stereocenters. The molecule has 0 saturated carbocycles. The van der Waals surface area contributed by atoms with E-state index in [0.29, 0.717) is 64.5 Å². The van der Waals surface area contributed by atoms with Crippen LogP contribution in [0, 0.1) is 11.6 Å². The third kappa shape index (κ3) is 14.7. The zero-order valence-electron chi connectivity index (χ0n) is 35.2. The maximum absolute atomic E-state index is 14.7. The molecule has 6 rings (SSSR count). The van der Waals surface area contributed by atoms with E-state index in [-0.39, 0.29) is 35.7 Å². The number of aldehydes is 1. The Morgan fingerprint density at radius 2 is 1.25 bits per heavy atom. The molecule has 2 amide bonds. The molecule has 0 aromatic heterocycles. The highest BCUT2D eigenvalue weighted by atomic mass is 19.1. The van der Waals surface area contributed by atoms with Crippen LogP contribution < -0.4 is 15.1 Å². The zero-order valence-corrected chi connectivity index (χ0v) is 35.2. The number of nitrogens with zero attached hydrogens (tertiary/aromatic N) is 5. The molecule has 4 fully saturated rings. The predicted octanol–water partition coefficient (Wildman–Crippen LogP) is 5.79. The van der Waals surface area contributed by atoms with Gasteiger partial charge in [0.15, 0.2) is 6.29 Å². The van der Waals surface area contributed by atoms with Gasteiger partial charge < -0.3 is 43.9 Å². The normalized spacial score (nSPS) is 20.7. The lowest BCUT2D eigenvalue weighted by Gasteiger charge is -2.40. The molecular formula is C42H64F2N6O7. The summed E-state index contributed by atoms with van der Waals surface area (Å²) in [6, 6.07) is 10.4. The van der Waals surface area contributed by atoms with Gasteiger partial charge in [0, 0.05) is 101 Å². The number of piperazine rings is 2. The average molecular weight is 803 g/mol. The second kappa shape index (κ2) is 21.1. The first-order valence-corrected chi connectivity index (χ1v) is 20.0. The molecule has 0 spiro atoms. The summed E-state index contributed by atoms with van der Waals surface area (Å²) in [6.07, 6.45) is 0.0468. The Labute approximate surface area is 337 Å². The van der Waals surface area contributed by atoms with Gasteiger partial charge in [-0.15, -0.1) is 0 Å². The lowest BCUT2D eigenvalue weighted by molar-refractivity contribution is 0.000353. The third-order valence-corrected chi connectivity index (χ3v) is 9.76. The number of anilines is 2. The van der Waals surface area contributed by atoms with Gasteiger partial charge in [-0.1, -0.05) is 6.07 Å². The van der Waals surface area contributed by atoms with Crippen LogP contribution in [0.1, 0.15) is 71.3 Å². The Bertz CT molecular complexity index is 1610. The van der Waals surface area contributed by atoms with Crippen LogP contribution in [0.5, 0.6) is 0 Å². The number of hydrogen-bond donors (Lipinski definition) is 1. The number of carbonyl (C=O) groups excluding carboxylic acids is 3. The van der Waals surface area contributed by atoms with Crippen molar-refractivity contribution in [3.63, 3.8) is 0 Å². The molecule has 1 N–H and O–H groups in total. The van der Waals surface area contributed by atoms with Crippen LogP contribution in [0.25, 0.3) is 0 Å². The summed E-state index contributed by atoms with van der Waals surface area (Å²) in [5.41, 5.74) is 1.61. The van der Waals surface area contributed by atoms with Crippen LogP contribution in [0.3, 0.4) is 0 Å². The number of hydrogen-bond acceptors (Lipinski definition) is 11. The second-order valence-corrected chi connectivity index (χ2v) is 16.8. The van der Waals surface area contributed by atoms with Crippen LogP contribution in [-0.2, 0) is 25.5 Å². The quantitative estimate of drug-likeness (QED) is 0.371. The van der Waals surface area contributed by atoms with Crippen molar-refractivity contribution in [2.45, 2.75) is 85.2 Å². The first-order chi connectivity index (χ1) is 26.9. The van der Waals surface area contributed by atoms with Gasteiger partial charge in [-0.05, 0) is 85.7 Å². The van der Waals surface area contributed by atoms with E-state index in [9.17, 15) is 23.2 Å². The number of nitrogens with one attached hydrogen (secondary N) is 1. The Morgan fingerprint density at radius 1 is 0.737 bits per heavy atom. The minimum Gasteiger partial charge on any atom is -0.444 e. The Balaban J connectivity index is 0.000000209. The van der Waals surface area contributed by atoms with Crippen molar-refractivity contribution in [3.05, 3.63) is 59.2 Å². The molecule has 0 unspecified atom stereocenters. The largest absolute Gasteiger partial charge is 0.444 e. The van der Waals surface area contributed by atoms with E-state index in [1.807, 2.05) is 72.4 Å². The second-order valence-electron chi connectivity index (χ2n) is 16.8. The molecule has 2 aromatic carbocycles. The van der Waals surface area contributed by atoms with E-state index < -0.39 is 17.0 Å². The molecule has 4 saturated heterocycles. The lowest BCUT2D eigenvalue weighted by Crippen LogP contribution is -2.54. The highest BCUT2D eigenvalue weighted by Gasteiger charge is 2.31.